The molecule has 0 fully saturated rings. The standard InChI is InChI=1S/C20H16N2O4S/c1-2-20(25)14-7-16-17-11(5-10-6-12(23)3-4-15(10)21-17)8-22(16)18(27)13(14)9-26-19(20)24/h3-7,23,25H,2,8-9H2,1H3/t20-/m0/s1. The zero-order chi connectivity index (χ0) is 18.9. The number of aliphatic hydroxyl groups is 1. The molecule has 1 aromatic carbocycles. The van der Waals surface area contributed by atoms with Crippen molar-refractivity contribution in [3.05, 3.63) is 51.7 Å². The van der Waals surface area contributed by atoms with Crippen LogP contribution >= 0.6 is 12.2 Å². The first kappa shape index (κ1) is 16.4. The highest BCUT2D eigenvalue weighted by atomic mass is 32.1. The quantitative estimate of drug-likeness (QED) is 0.390. The Kier molecular flexibility index (Phi) is 3.26. The number of cyclic esters (lactones) is 1. The van der Waals surface area contributed by atoms with Gasteiger partial charge in [0.15, 0.2) is 5.60 Å². The second kappa shape index (κ2) is 5.37. The van der Waals surface area contributed by atoms with Gasteiger partial charge in [0.2, 0.25) is 0 Å². The van der Waals surface area contributed by atoms with Crippen LogP contribution in [-0.4, -0.2) is 25.7 Å². The van der Waals surface area contributed by atoms with E-state index < -0.39 is 11.6 Å². The van der Waals surface area contributed by atoms with E-state index in [0.29, 0.717) is 22.3 Å². The molecule has 0 spiro atoms. The van der Waals surface area contributed by atoms with Crippen LogP contribution in [0.15, 0.2) is 30.3 Å². The Bertz CT molecular complexity index is 1220. The van der Waals surface area contributed by atoms with Gasteiger partial charge in [0.05, 0.1) is 23.4 Å². The van der Waals surface area contributed by atoms with Gasteiger partial charge in [0, 0.05) is 22.1 Å². The lowest BCUT2D eigenvalue weighted by atomic mass is 9.86. The maximum absolute atomic E-state index is 12.2. The minimum absolute atomic E-state index is 0.0647. The highest BCUT2D eigenvalue weighted by Crippen LogP contribution is 2.41. The second-order valence-electron chi connectivity index (χ2n) is 6.98. The highest BCUT2D eigenvalue weighted by molar-refractivity contribution is 7.71. The molecule has 4 heterocycles. The third kappa shape index (κ3) is 2.12. The molecule has 7 heteroatoms. The van der Waals surface area contributed by atoms with Gasteiger partial charge in [-0.2, -0.15) is 0 Å². The Morgan fingerprint density at radius 2 is 2.15 bits per heavy atom. The number of phenols is 1. The minimum Gasteiger partial charge on any atom is -0.508 e. The van der Waals surface area contributed by atoms with Crippen LogP contribution in [0, 0.1) is 4.64 Å². The third-order valence-corrected chi connectivity index (χ3v) is 5.96. The first-order valence-corrected chi connectivity index (χ1v) is 9.13. The number of nitrogens with zero attached hydrogens (tertiary/aromatic N) is 2. The summed E-state index contributed by atoms with van der Waals surface area (Å²) in [5, 5.41) is 21.5. The van der Waals surface area contributed by atoms with Gasteiger partial charge >= 0.3 is 5.97 Å². The van der Waals surface area contributed by atoms with Crippen molar-refractivity contribution >= 4 is 29.1 Å². The van der Waals surface area contributed by atoms with Crippen molar-refractivity contribution in [1.82, 2.24) is 9.55 Å². The van der Waals surface area contributed by atoms with E-state index in [1.54, 1.807) is 25.1 Å². The number of esters is 1. The van der Waals surface area contributed by atoms with E-state index in [9.17, 15) is 15.0 Å². The molecule has 136 valence electrons. The summed E-state index contributed by atoms with van der Waals surface area (Å²) in [5.41, 5.74) is 2.79. The van der Waals surface area contributed by atoms with Gasteiger partial charge in [-0.25, -0.2) is 9.78 Å². The summed E-state index contributed by atoms with van der Waals surface area (Å²) in [4.78, 5) is 17.0. The summed E-state index contributed by atoms with van der Waals surface area (Å²) in [6.07, 6.45) is 0.203. The molecule has 3 aromatic rings. The van der Waals surface area contributed by atoms with E-state index in [1.165, 1.54) is 0 Å². The SMILES string of the molecule is CC[C@@]1(O)C(=O)OCc2c1cc1n(c2=S)Cc2cc3cc(O)ccc3nc2-1. The smallest absolute Gasteiger partial charge is 0.343 e. The van der Waals surface area contributed by atoms with Crippen molar-refractivity contribution in [2.24, 2.45) is 0 Å². The van der Waals surface area contributed by atoms with E-state index in [-0.39, 0.29) is 18.8 Å². The molecule has 0 unspecified atom stereocenters. The Balaban J connectivity index is 1.80. The summed E-state index contributed by atoms with van der Waals surface area (Å²) in [7, 11) is 0. The van der Waals surface area contributed by atoms with Crippen LogP contribution in [0.25, 0.3) is 22.3 Å². The Morgan fingerprint density at radius 1 is 1.33 bits per heavy atom. The van der Waals surface area contributed by atoms with Crippen molar-refractivity contribution < 1.29 is 19.7 Å². The number of aromatic hydroxyl groups is 1. The molecule has 0 amide bonds. The molecule has 1 atom stereocenters. The van der Waals surface area contributed by atoms with Gasteiger partial charge in [-0.15, -0.1) is 0 Å². The van der Waals surface area contributed by atoms with Crippen molar-refractivity contribution in [2.75, 3.05) is 0 Å². The van der Waals surface area contributed by atoms with Gasteiger partial charge < -0.3 is 19.5 Å². The van der Waals surface area contributed by atoms with Crippen LogP contribution in [0.1, 0.15) is 30.0 Å². The Labute approximate surface area is 159 Å². The first-order valence-electron chi connectivity index (χ1n) is 8.72. The van der Waals surface area contributed by atoms with Crippen LogP contribution in [0.2, 0.25) is 0 Å². The average molecular weight is 380 g/mol. The zero-order valence-electron chi connectivity index (χ0n) is 14.5. The van der Waals surface area contributed by atoms with E-state index in [4.69, 9.17) is 21.9 Å². The average Bonchev–Trinajstić information content (AvgIpc) is 3.01. The number of phenolic OH excluding ortho intramolecular Hbond substituents is 1. The lowest BCUT2D eigenvalue weighted by Gasteiger charge is -2.32. The van der Waals surface area contributed by atoms with E-state index in [0.717, 1.165) is 27.9 Å². The number of hydrogen-bond donors (Lipinski definition) is 2. The lowest BCUT2D eigenvalue weighted by molar-refractivity contribution is -0.172. The summed E-state index contributed by atoms with van der Waals surface area (Å²) >= 11 is 5.66. The van der Waals surface area contributed by atoms with Crippen molar-refractivity contribution in [3.63, 3.8) is 0 Å². The number of carbonyl (C=O) groups excluding carboxylic acids is 1. The van der Waals surface area contributed by atoms with Crippen LogP contribution in [0.3, 0.4) is 0 Å². The largest absolute Gasteiger partial charge is 0.508 e. The molecule has 2 N–H and O–H groups in total. The summed E-state index contributed by atoms with van der Waals surface area (Å²) in [6.45, 7) is 2.36. The molecular formula is C20H16N2O4S. The first-order chi connectivity index (χ1) is 12.9. The molecule has 2 aromatic heterocycles. The predicted molar refractivity (Wildman–Crippen MR) is 101 cm³/mol. The fourth-order valence-electron chi connectivity index (χ4n) is 3.97. The zero-order valence-corrected chi connectivity index (χ0v) is 15.3. The molecular weight excluding hydrogens is 364 g/mol. The van der Waals surface area contributed by atoms with E-state index >= 15 is 0 Å². The van der Waals surface area contributed by atoms with E-state index in [2.05, 4.69) is 0 Å². The number of aromatic nitrogens is 2. The fourth-order valence-corrected chi connectivity index (χ4v) is 4.30. The maximum atomic E-state index is 12.2. The van der Waals surface area contributed by atoms with Gasteiger partial charge in [-0.3, -0.25) is 0 Å². The number of hydrogen-bond acceptors (Lipinski definition) is 6. The van der Waals surface area contributed by atoms with E-state index in [1.807, 2.05) is 16.7 Å². The number of fused-ring (bicyclic) bond motifs is 5. The molecule has 0 bridgehead atoms. The molecule has 2 aliphatic heterocycles. The van der Waals surface area contributed by atoms with Crippen LogP contribution in [0.5, 0.6) is 5.75 Å². The summed E-state index contributed by atoms with van der Waals surface area (Å²) in [6, 6.07) is 8.85. The van der Waals surface area contributed by atoms with Crippen LogP contribution in [-0.2, 0) is 28.3 Å². The molecule has 27 heavy (non-hydrogen) atoms. The molecule has 0 aliphatic carbocycles. The molecule has 0 saturated carbocycles. The van der Waals surface area contributed by atoms with Gasteiger partial charge in [0.1, 0.15) is 17.0 Å². The van der Waals surface area contributed by atoms with Crippen molar-refractivity contribution in [1.29, 1.82) is 0 Å². The van der Waals surface area contributed by atoms with Gasteiger partial charge in [-0.05, 0) is 36.8 Å². The monoisotopic (exact) mass is 380 g/mol. The number of carbonyl (C=O) groups is 1. The number of pyridine rings is 2. The number of rotatable bonds is 1. The second-order valence-corrected chi connectivity index (χ2v) is 7.36. The summed E-state index contributed by atoms with van der Waals surface area (Å²) < 4.78 is 7.70. The van der Waals surface area contributed by atoms with Crippen LogP contribution in [0.4, 0.5) is 0 Å². The minimum atomic E-state index is -1.69. The summed E-state index contributed by atoms with van der Waals surface area (Å²) in [5.74, 6) is -0.451. The highest BCUT2D eigenvalue weighted by Gasteiger charge is 2.44. The predicted octanol–water partition coefficient (Wildman–Crippen LogP) is 3.15. The number of ether oxygens (including phenoxy) is 1. The molecule has 2 aliphatic rings. The normalized spacial score (nSPS) is 20.1. The Hall–Kier alpha value is -2.77. The fraction of sp³-hybridized carbons (Fsp3) is 0.250. The topological polar surface area (TPSA) is 84.6 Å². The number of benzene rings is 1. The van der Waals surface area contributed by atoms with Crippen LogP contribution < -0.4 is 0 Å². The molecule has 0 saturated heterocycles. The molecule has 6 nitrogen and oxygen atoms in total. The van der Waals surface area contributed by atoms with Crippen molar-refractivity contribution in [2.45, 2.75) is 32.1 Å². The van der Waals surface area contributed by atoms with Gasteiger partial charge in [-0.1, -0.05) is 19.1 Å². The lowest BCUT2D eigenvalue weighted by Crippen LogP contribution is -2.41. The molecule has 0 radical (unpaired) electrons. The molecule has 5 rings (SSSR count). The van der Waals surface area contributed by atoms with Crippen molar-refractivity contribution in [3.8, 4) is 17.1 Å². The van der Waals surface area contributed by atoms with Gasteiger partial charge in [0.25, 0.3) is 0 Å². The maximum Gasteiger partial charge on any atom is 0.343 e. The third-order valence-electron chi connectivity index (χ3n) is 5.49. The Morgan fingerprint density at radius 3 is 2.93 bits per heavy atom.